The Morgan fingerprint density at radius 1 is 1.18 bits per heavy atom. The fourth-order valence-corrected chi connectivity index (χ4v) is 3.62. The first-order chi connectivity index (χ1) is 13.6. The van der Waals surface area contributed by atoms with Crippen molar-refractivity contribution in [2.75, 3.05) is 18.1 Å². The third kappa shape index (κ3) is 2.87. The Hall–Kier alpha value is -3.09. The molecule has 146 valence electrons. The number of fused-ring (bicyclic) bond motifs is 2. The number of urea groups is 1. The molecule has 0 radical (unpaired) electrons. The number of aromatic nitrogens is 1. The van der Waals surface area contributed by atoms with Gasteiger partial charge in [0.2, 0.25) is 0 Å². The van der Waals surface area contributed by atoms with Crippen molar-refractivity contribution in [3.05, 3.63) is 41.6 Å². The Labute approximate surface area is 163 Å². The molecule has 1 N–H and O–H groups in total. The standard InChI is InChI=1S/C19H17N3O4.C2H6/c1-11-2-4-13(16-17(11)25-10-19(16)6-7-19)26-12-3-5-14(20-8-12)22-15(23)9-21-18(22)24;1-2/h2-5,8H,6-7,9-10H2,1H3,(H,21,24);1-2H3. The van der Waals surface area contributed by atoms with Gasteiger partial charge < -0.3 is 14.8 Å². The van der Waals surface area contributed by atoms with Crippen molar-refractivity contribution >= 4 is 17.8 Å². The molecule has 3 aliphatic rings. The molecule has 2 aliphatic heterocycles. The van der Waals surface area contributed by atoms with Gasteiger partial charge in [-0.25, -0.2) is 14.7 Å². The number of rotatable bonds is 3. The molecule has 1 aromatic carbocycles. The van der Waals surface area contributed by atoms with Crippen molar-refractivity contribution in [2.45, 2.75) is 39.0 Å². The van der Waals surface area contributed by atoms with Crippen LogP contribution in [-0.2, 0) is 10.2 Å². The molecule has 0 unspecified atom stereocenters. The maximum Gasteiger partial charge on any atom is 0.330 e. The number of imide groups is 1. The summed E-state index contributed by atoms with van der Waals surface area (Å²) < 4.78 is 12.0. The van der Waals surface area contributed by atoms with E-state index in [1.807, 2.05) is 32.9 Å². The number of carbonyl (C=O) groups excluding carboxylic acids is 2. The molecule has 7 nitrogen and oxygen atoms in total. The molecule has 3 amide bonds. The average Bonchev–Trinajstić information content (AvgIpc) is 3.27. The van der Waals surface area contributed by atoms with Gasteiger partial charge in [0.05, 0.1) is 19.3 Å². The van der Waals surface area contributed by atoms with Crippen LogP contribution in [0.5, 0.6) is 17.2 Å². The van der Waals surface area contributed by atoms with E-state index in [9.17, 15) is 9.59 Å². The maximum atomic E-state index is 11.8. The van der Waals surface area contributed by atoms with Gasteiger partial charge in [-0.1, -0.05) is 19.9 Å². The summed E-state index contributed by atoms with van der Waals surface area (Å²) in [5.41, 5.74) is 2.36. The highest BCUT2D eigenvalue weighted by Crippen LogP contribution is 2.59. The second kappa shape index (κ2) is 6.82. The summed E-state index contributed by atoms with van der Waals surface area (Å²) in [6.07, 6.45) is 3.75. The number of carbonyl (C=O) groups is 2. The van der Waals surface area contributed by atoms with Crippen molar-refractivity contribution < 1.29 is 19.1 Å². The number of benzene rings is 1. The zero-order valence-corrected chi connectivity index (χ0v) is 16.2. The van der Waals surface area contributed by atoms with Crippen molar-refractivity contribution in [3.8, 4) is 17.2 Å². The molecule has 1 saturated heterocycles. The van der Waals surface area contributed by atoms with Crippen molar-refractivity contribution in [1.82, 2.24) is 10.3 Å². The molecule has 1 aromatic heterocycles. The first-order valence-corrected chi connectivity index (χ1v) is 9.59. The molecule has 0 atom stereocenters. The fourth-order valence-electron chi connectivity index (χ4n) is 3.62. The van der Waals surface area contributed by atoms with Gasteiger partial charge in [-0.3, -0.25) is 4.79 Å². The maximum absolute atomic E-state index is 11.8. The van der Waals surface area contributed by atoms with Gasteiger partial charge >= 0.3 is 6.03 Å². The van der Waals surface area contributed by atoms with Gasteiger partial charge in [0, 0.05) is 11.0 Å². The molecule has 7 heteroatoms. The molecule has 2 fully saturated rings. The van der Waals surface area contributed by atoms with E-state index in [0.717, 1.165) is 40.4 Å². The van der Waals surface area contributed by atoms with E-state index < -0.39 is 6.03 Å². The number of ether oxygens (including phenoxy) is 2. The number of pyridine rings is 1. The van der Waals surface area contributed by atoms with E-state index in [4.69, 9.17) is 9.47 Å². The normalized spacial score (nSPS) is 18.2. The van der Waals surface area contributed by atoms with Crippen LogP contribution in [0.4, 0.5) is 10.6 Å². The Kier molecular flexibility index (Phi) is 4.45. The lowest BCUT2D eigenvalue weighted by molar-refractivity contribution is -0.115. The molecule has 0 bridgehead atoms. The summed E-state index contributed by atoms with van der Waals surface area (Å²) in [7, 11) is 0. The summed E-state index contributed by atoms with van der Waals surface area (Å²) in [6.45, 7) is 6.75. The lowest BCUT2D eigenvalue weighted by Crippen LogP contribution is -2.31. The summed E-state index contributed by atoms with van der Waals surface area (Å²) in [5, 5.41) is 2.47. The van der Waals surface area contributed by atoms with Crippen LogP contribution in [-0.4, -0.2) is 30.1 Å². The lowest BCUT2D eigenvalue weighted by Gasteiger charge is -2.15. The zero-order valence-electron chi connectivity index (χ0n) is 16.2. The van der Waals surface area contributed by atoms with Gasteiger partial charge in [-0.15, -0.1) is 0 Å². The predicted octanol–water partition coefficient (Wildman–Crippen LogP) is 3.69. The number of anilines is 1. The van der Waals surface area contributed by atoms with Crippen molar-refractivity contribution in [1.29, 1.82) is 0 Å². The summed E-state index contributed by atoms with van der Waals surface area (Å²) >= 11 is 0. The molecular formula is C21H23N3O4. The lowest BCUT2D eigenvalue weighted by atomic mass is 9.95. The van der Waals surface area contributed by atoms with Gasteiger partial charge in [0.15, 0.2) is 0 Å². The Bertz CT molecular complexity index is 919. The molecule has 5 rings (SSSR count). The van der Waals surface area contributed by atoms with Crippen LogP contribution in [0.2, 0.25) is 0 Å². The zero-order chi connectivity index (χ0) is 19.9. The minimum absolute atomic E-state index is 0.00362. The van der Waals surface area contributed by atoms with E-state index >= 15 is 0 Å². The quantitative estimate of drug-likeness (QED) is 0.820. The number of hydrogen-bond donors (Lipinski definition) is 1. The Morgan fingerprint density at radius 2 is 1.96 bits per heavy atom. The monoisotopic (exact) mass is 381 g/mol. The smallest absolute Gasteiger partial charge is 0.330 e. The van der Waals surface area contributed by atoms with Crippen molar-refractivity contribution in [2.24, 2.45) is 0 Å². The summed E-state index contributed by atoms with van der Waals surface area (Å²) in [4.78, 5) is 28.7. The number of amides is 3. The van der Waals surface area contributed by atoms with Crippen LogP contribution in [0.25, 0.3) is 0 Å². The first-order valence-electron chi connectivity index (χ1n) is 9.59. The van der Waals surface area contributed by atoms with E-state index in [0.29, 0.717) is 12.4 Å². The van der Waals surface area contributed by atoms with E-state index in [1.54, 1.807) is 12.1 Å². The largest absolute Gasteiger partial charge is 0.492 e. The molecular weight excluding hydrogens is 358 g/mol. The molecule has 2 aromatic rings. The number of aryl methyl sites for hydroxylation is 1. The Morgan fingerprint density at radius 3 is 2.57 bits per heavy atom. The molecule has 28 heavy (non-hydrogen) atoms. The van der Waals surface area contributed by atoms with Crippen LogP contribution in [0.1, 0.15) is 37.8 Å². The Balaban J connectivity index is 0.000000932. The topological polar surface area (TPSA) is 80.8 Å². The average molecular weight is 381 g/mol. The molecule has 3 heterocycles. The van der Waals surface area contributed by atoms with Gasteiger partial charge in [0.1, 0.15) is 23.1 Å². The first kappa shape index (κ1) is 18.3. The van der Waals surface area contributed by atoms with Crippen LogP contribution >= 0.6 is 0 Å². The third-order valence-corrected chi connectivity index (χ3v) is 5.21. The fraction of sp³-hybridized carbons (Fsp3) is 0.381. The number of nitrogens with zero attached hydrogens (tertiary/aromatic N) is 2. The highest BCUT2D eigenvalue weighted by atomic mass is 16.5. The summed E-state index contributed by atoms with van der Waals surface area (Å²) in [6, 6.07) is 6.82. The third-order valence-electron chi connectivity index (χ3n) is 5.21. The van der Waals surface area contributed by atoms with E-state index in [-0.39, 0.29) is 23.7 Å². The SMILES string of the molecule is CC.Cc1ccc(Oc2ccc(N3C(=O)CNC3=O)nc2)c2c1OCC21CC1. The van der Waals surface area contributed by atoms with E-state index in [1.165, 1.54) is 6.20 Å². The van der Waals surface area contributed by atoms with Gasteiger partial charge in [-0.2, -0.15) is 0 Å². The van der Waals surface area contributed by atoms with Gasteiger partial charge in [-0.05, 0) is 43.5 Å². The number of hydrogen-bond acceptors (Lipinski definition) is 5. The van der Waals surface area contributed by atoms with Crippen LogP contribution in [0.15, 0.2) is 30.5 Å². The highest BCUT2D eigenvalue weighted by Gasteiger charge is 2.53. The van der Waals surface area contributed by atoms with Gasteiger partial charge in [0.25, 0.3) is 5.91 Å². The van der Waals surface area contributed by atoms with Crippen LogP contribution in [0.3, 0.4) is 0 Å². The minimum Gasteiger partial charge on any atom is -0.492 e. The minimum atomic E-state index is -0.458. The molecule has 1 spiro atoms. The second-order valence-electron chi connectivity index (χ2n) is 7.00. The number of nitrogens with one attached hydrogen (secondary N) is 1. The summed E-state index contributed by atoms with van der Waals surface area (Å²) in [5.74, 6) is 2.23. The van der Waals surface area contributed by atoms with Crippen LogP contribution < -0.4 is 19.7 Å². The van der Waals surface area contributed by atoms with Crippen molar-refractivity contribution in [3.63, 3.8) is 0 Å². The highest BCUT2D eigenvalue weighted by molar-refractivity contribution is 6.19. The predicted molar refractivity (Wildman–Crippen MR) is 104 cm³/mol. The van der Waals surface area contributed by atoms with Crippen LogP contribution in [0, 0.1) is 6.92 Å². The second-order valence-corrected chi connectivity index (χ2v) is 7.00. The molecule has 1 saturated carbocycles. The van der Waals surface area contributed by atoms with E-state index in [2.05, 4.69) is 10.3 Å². The molecule has 1 aliphatic carbocycles.